The summed E-state index contributed by atoms with van der Waals surface area (Å²) in [5, 5.41) is 1.11. The third-order valence-corrected chi connectivity index (χ3v) is 7.70. The quantitative estimate of drug-likeness (QED) is 0.201. The maximum absolute atomic E-state index is 14.1. The van der Waals surface area contributed by atoms with E-state index in [9.17, 15) is 9.59 Å². The fourth-order valence-electron chi connectivity index (χ4n) is 5.08. The number of aromatic nitrogens is 2. The first kappa shape index (κ1) is 27.4. The van der Waals surface area contributed by atoms with E-state index >= 15 is 0 Å². The van der Waals surface area contributed by atoms with E-state index in [0.717, 1.165) is 22.4 Å². The van der Waals surface area contributed by atoms with E-state index in [0.29, 0.717) is 46.7 Å². The van der Waals surface area contributed by atoms with Crippen LogP contribution in [0.15, 0.2) is 102 Å². The summed E-state index contributed by atoms with van der Waals surface area (Å²) >= 11 is 6.14. The number of halogens is 1. The van der Waals surface area contributed by atoms with Gasteiger partial charge in [-0.15, -0.1) is 0 Å². The lowest BCUT2D eigenvalue weighted by atomic mass is 10.0. The summed E-state index contributed by atoms with van der Waals surface area (Å²) in [7, 11) is 0. The van der Waals surface area contributed by atoms with Gasteiger partial charge in [0.2, 0.25) is 0 Å². The molecule has 0 saturated carbocycles. The zero-order valence-electron chi connectivity index (χ0n) is 23.0. The predicted octanol–water partition coefficient (Wildman–Crippen LogP) is 7.49. The number of rotatable bonds is 8. The molecular formula is C34H32ClN3O2. The fraction of sp³-hybridized carbons (Fsp3) is 0.206. The average molecular weight is 550 g/mol. The first-order chi connectivity index (χ1) is 19.4. The lowest BCUT2D eigenvalue weighted by Gasteiger charge is -2.33. The minimum Gasteiger partial charge on any atom is -0.328 e. The SMILES string of the molecule is CCC(c1nc2ccccc2c(=O)n1-c1ccc(C)c(C)c1)N(CCc1ccccc1)C(=O)c1ccc(Cl)cc1. The molecule has 0 aliphatic carbocycles. The van der Waals surface area contributed by atoms with Crippen LogP contribution in [0.5, 0.6) is 0 Å². The third kappa shape index (κ3) is 5.56. The van der Waals surface area contributed by atoms with Gasteiger partial charge in [0.25, 0.3) is 11.5 Å². The van der Waals surface area contributed by atoms with E-state index in [4.69, 9.17) is 16.6 Å². The molecule has 40 heavy (non-hydrogen) atoms. The van der Waals surface area contributed by atoms with Gasteiger partial charge >= 0.3 is 0 Å². The zero-order chi connectivity index (χ0) is 28.2. The van der Waals surface area contributed by atoms with Crippen molar-refractivity contribution in [3.8, 4) is 5.69 Å². The molecule has 0 fully saturated rings. The van der Waals surface area contributed by atoms with Crippen molar-refractivity contribution in [2.24, 2.45) is 0 Å². The highest BCUT2D eigenvalue weighted by molar-refractivity contribution is 6.30. The Labute approximate surface area is 239 Å². The van der Waals surface area contributed by atoms with Crippen LogP contribution in [-0.4, -0.2) is 26.9 Å². The van der Waals surface area contributed by atoms with E-state index in [1.807, 2.05) is 80.3 Å². The predicted molar refractivity (Wildman–Crippen MR) is 162 cm³/mol. The number of hydrogen-bond acceptors (Lipinski definition) is 3. The van der Waals surface area contributed by atoms with Crippen LogP contribution in [0, 0.1) is 13.8 Å². The number of benzene rings is 4. The van der Waals surface area contributed by atoms with Gasteiger partial charge in [0.1, 0.15) is 5.82 Å². The molecule has 1 aromatic heterocycles. The summed E-state index contributed by atoms with van der Waals surface area (Å²) in [5.74, 6) is 0.415. The minimum absolute atomic E-state index is 0.131. The molecule has 0 radical (unpaired) electrons. The number of fused-ring (bicyclic) bond motifs is 1. The van der Waals surface area contributed by atoms with Crippen LogP contribution in [0.1, 0.15) is 52.3 Å². The Morgan fingerprint density at radius 2 is 1.60 bits per heavy atom. The second kappa shape index (κ2) is 11.9. The molecule has 5 rings (SSSR count). The molecule has 1 atom stereocenters. The number of aryl methyl sites for hydroxylation is 2. The van der Waals surface area contributed by atoms with Gasteiger partial charge in [-0.05, 0) is 91.9 Å². The number of hydrogen-bond donors (Lipinski definition) is 0. The Balaban J connectivity index is 1.69. The van der Waals surface area contributed by atoms with Crippen molar-refractivity contribution < 1.29 is 4.79 Å². The average Bonchev–Trinajstić information content (AvgIpc) is 2.97. The van der Waals surface area contributed by atoms with Crippen LogP contribution in [-0.2, 0) is 6.42 Å². The first-order valence-corrected chi connectivity index (χ1v) is 13.9. The first-order valence-electron chi connectivity index (χ1n) is 13.6. The topological polar surface area (TPSA) is 55.2 Å². The number of amides is 1. The van der Waals surface area contributed by atoms with Gasteiger partial charge in [-0.2, -0.15) is 0 Å². The van der Waals surface area contributed by atoms with Crippen molar-refractivity contribution >= 4 is 28.4 Å². The molecule has 0 bridgehead atoms. The third-order valence-electron chi connectivity index (χ3n) is 7.45. The second-order valence-electron chi connectivity index (χ2n) is 10.1. The number of carbonyl (C=O) groups excluding carboxylic acids is 1. The Hall–Kier alpha value is -4.22. The molecule has 0 aliphatic rings. The van der Waals surface area contributed by atoms with Crippen molar-refractivity contribution in [3.63, 3.8) is 0 Å². The van der Waals surface area contributed by atoms with E-state index < -0.39 is 6.04 Å². The monoisotopic (exact) mass is 549 g/mol. The van der Waals surface area contributed by atoms with E-state index in [-0.39, 0.29) is 11.5 Å². The summed E-state index contributed by atoms with van der Waals surface area (Å²) in [6, 6.07) is 30.0. The Morgan fingerprint density at radius 1 is 0.900 bits per heavy atom. The van der Waals surface area contributed by atoms with Crippen LogP contribution < -0.4 is 5.56 Å². The van der Waals surface area contributed by atoms with Gasteiger partial charge in [-0.1, -0.05) is 67.1 Å². The molecule has 5 nitrogen and oxygen atoms in total. The fourth-order valence-corrected chi connectivity index (χ4v) is 5.21. The van der Waals surface area contributed by atoms with Gasteiger partial charge < -0.3 is 4.90 Å². The Bertz CT molecular complexity index is 1710. The van der Waals surface area contributed by atoms with E-state index in [1.165, 1.54) is 0 Å². The largest absolute Gasteiger partial charge is 0.328 e. The van der Waals surface area contributed by atoms with Crippen LogP contribution >= 0.6 is 11.6 Å². The van der Waals surface area contributed by atoms with Crippen molar-refractivity contribution in [2.45, 2.75) is 39.7 Å². The zero-order valence-corrected chi connectivity index (χ0v) is 23.7. The van der Waals surface area contributed by atoms with Gasteiger partial charge in [0.15, 0.2) is 0 Å². The van der Waals surface area contributed by atoms with Crippen molar-refractivity contribution in [3.05, 3.63) is 141 Å². The summed E-state index contributed by atoms with van der Waals surface area (Å²) in [5.41, 5.74) is 5.09. The number of para-hydroxylation sites is 1. The molecule has 0 spiro atoms. The van der Waals surface area contributed by atoms with Gasteiger partial charge in [0.05, 0.1) is 22.6 Å². The molecule has 5 aromatic rings. The lowest BCUT2D eigenvalue weighted by molar-refractivity contribution is 0.0662. The van der Waals surface area contributed by atoms with Gasteiger partial charge in [-0.3, -0.25) is 14.2 Å². The maximum atomic E-state index is 14.1. The molecule has 202 valence electrons. The Morgan fingerprint density at radius 3 is 2.30 bits per heavy atom. The summed E-state index contributed by atoms with van der Waals surface area (Å²) in [6.07, 6.45) is 1.24. The van der Waals surface area contributed by atoms with E-state index in [1.54, 1.807) is 34.9 Å². The normalized spacial score (nSPS) is 11.9. The molecule has 0 saturated heterocycles. The summed E-state index contributed by atoms with van der Waals surface area (Å²) in [4.78, 5) is 35.1. The summed E-state index contributed by atoms with van der Waals surface area (Å²) in [6.45, 7) is 6.57. The van der Waals surface area contributed by atoms with Crippen molar-refractivity contribution in [1.82, 2.24) is 14.5 Å². The molecule has 0 N–H and O–H groups in total. The van der Waals surface area contributed by atoms with Gasteiger partial charge in [-0.25, -0.2) is 4.98 Å². The standard InChI is InChI=1S/C34H32ClN3O2/c1-4-31(37(21-20-25-10-6-5-7-11-25)33(39)26-15-17-27(35)18-16-26)32-36-30-13-9-8-12-29(30)34(40)38(32)28-19-14-23(2)24(3)22-28/h5-19,22,31H,4,20-21H2,1-3H3. The van der Waals surface area contributed by atoms with Crippen LogP contribution in [0.2, 0.25) is 5.02 Å². The summed E-state index contributed by atoms with van der Waals surface area (Å²) < 4.78 is 1.69. The van der Waals surface area contributed by atoms with Gasteiger partial charge in [0, 0.05) is 17.1 Å². The van der Waals surface area contributed by atoms with Crippen molar-refractivity contribution in [2.75, 3.05) is 6.54 Å². The highest BCUT2D eigenvalue weighted by Crippen LogP contribution is 2.29. The van der Waals surface area contributed by atoms with E-state index in [2.05, 4.69) is 12.1 Å². The van der Waals surface area contributed by atoms with Crippen LogP contribution in [0.25, 0.3) is 16.6 Å². The maximum Gasteiger partial charge on any atom is 0.266 e. The second-order valence-corrected chi connectivity index (χ2v) is 10.5. The van der Waals surface area contributed by atoms with Crippen molar-refractivity contribution in [1.29, 1.82) is 0 Å². The molecule has 6 heteroatoms. The minimum atomic E-state index is -0.453. The van der Waals surface area contributed by atoms with Crippen LogP contribution in [0.3, 0.4) is 0 Å². The van der Waals surface area contributed by atoms with Crippen LogP contribution in [0.4, 0.5) is 0 Å². The molecule has 4 aromatic carbocycles. The molecule has 1 amide bonds. The molecule has 0 aliphatic heterocycles. The highest BCUT2D eigenvalue weighted by Gasteiger charge is 2.30. The highest BCUT2D eigenvalue weighted by atomic mass is 35.5. The lowest BCUT2D eigenvalue weighted by Crippen LogP contribution is -2.39. The molecule has 1 heterocycles. The number of nitrogens with zero attached hydrogens (tertiary/aromatic N) is 3. The number of carbonyl (C=O) groups is 1. The smallest absolute Gasteiger partial charge is 0.266 e. The Kier molecular flexibility index (Phi) is 8.13. The molecular weight excluding hydrogens is 518 g/mol. The molecule has 1 unspecified atom stereocenters.